The predicted molar refractivity (Wildman–Crippen MR) is 90.6 cm³/mol. The maximum Gasteiger partial charge on any atom is 0.391 e. The number of nitrogens with one attached hydrogen (secondary N) is 2. The van der Waals surface area contributed by atoms with Gasteiger partial charge in [-0.05, 0) is 52.9 Å². The molecule has 0 aliphatic heterocycles. The first-order chi connectivity index (χ1) is 11.8. The van der Waals surface area contributed by atoms with Gasteiger partial charge >= 0.3 is 6.18 Å². The van der Waals surface area contributed by atoms with E-state index < -0.39 is 12.1 Å². The Morgan fingerprint density at radius 1 is 1.24 bits per heavy atom. The van der Waals surface area contributed by atoms with E-state index in [1.54, 1.807) is 0 Å². The molecule has 0 atom stereocenters. The zero-order valence-electron chi connectivity index (χ0n) is 15.0. The van der Waals surface area contributed by atoms with Crippen molar-refractivity contribution in [2.75, 3.05) is 13.1 Å². The van der Waals surface area contributed by atoms with E-state index in [2.05, 4.69) is 20.8 Å². The molecule has 0 saturated heterocycles. The van der Waals surface area contributed by atoms with E-state index in [4.69, 9.17) is 4.52 Å². The zero-order valence-corrected chi connectivity index (χ0v) is 15.0. The summed E-state index contributed by atoms with van der Waals surface area (Å²) in [5, 5.41) is 10.4. The number of rotatable bonds is 5. The average molecular weight is 360 g/mol. The first-order valence-electron chi connectivity index (χ1n) is 8.84. The van der Waals surface area contributed by atoms with E-state index >= 15 is 0 Å². The molecule has 0 bridgehead atoms. The SMILES string of the molecule is CCNC(=NCCc1c(C)noc1C)NC1CCC(C(F)(F)F)CC1. The third-order valence-electron chi connectivity index (χ3n) is 4.69. The summed E-state index contributed by atoms with van der Waals surface area (Å²) in [6.07, 6.45) is -1.97. The molecule has 0 amide bonds. The lowest BCUT2D eigenvalue weighted by Crippen LogP contribution is -2.46. The van der Waals surface area contributed by atoms with Crippen molar-refractivity contribution in [3.8, 4) is 0 Å². The number of aliphatic imine (C=N–C) groups is 1. The van der Waals surface area contributed by atoms with Gasteiger partial charge in [-0.15, -0.1) is 0 Å². The summed E-state index contributed by atoms with van der Waals surface area (Å²) in [5.41, 5.74) is 1.93. The maximum absolute atomic E-state index is 12.7. The number of alkyl halides is 3. The summed E-state index contributed by atoms with van der Waals surface area (Å²) < 4.78 is 43.4. The van der Waals surface area contributed by atoms with Gasteiger partial charge < -0.3 is 15.2 Å². The van der Waals surface area contributed by atoms with E-state index in [1.165, 1.54) is 0 Å². The molecule has 0 unspecified atom stereocenters. The Labute approximate surface area is 146 Å². The van der Waals surface area contributed by atoms with Crippen molar-refractivity contribution in [2.24, 2.45) is 10.9 Å². The Hall–Kier alpha value is -1.73. The van der Waals surface area contributed by atoms with Crippen molar-refractivity contribution in [1.82, 2.24) is 15.8 Å². The summed E-state index contributed by atoms with van der Waals surface area (Å²) in [6.45, 7) is 7.01. The highest BCUT2D eigenvalue weighted by Crippen LogP contribution is 2.37. The Morgan fingerprint density at radius 3 is 2.44 bits per heavy atom. The van der Waals surface area contributed by atoms with Crippen LogP contribution in [0.2, 0.25) is 0 Å². The van der Waals surface area contributed by atoms with Crippen LogP contribution in [0.5, 0.6) is 0 Å². The number of hydrogen-bond donors (Lipinski definition) is 2. The summed E-state index contributed by atoms with van der Waals surface area (Å²) in [7, 11) is 0. The second-order valence-electron chi connectivity index (χ2n) is 6.55. The van der Waals surface area contributed by atoms with Gasteiger partial charge in [0.15, 0.2) is 5.96 Å². The van der Waals surface area contributed by atoms with Gasteiger partial charge in [0.05, 0.1) is 11.6 Å². The number of nitrogens with zero attached hydrogens (tertiary/aromatic N) is 2. The van der Waals surface area contributed by atoms with Gasteiger partial charge in [0.2, 0.25) is 0 Å². The Morgan fingerprint density at radius 2 is 1.92 bits per heavy atom. The monoisotopic (exact) mass is 360 g/mol. The molecule has 1 aliphatic rings. The van der Waals surface area contributed by atoms with Crippen LogP contribution in [0.3, 0.4) is 0 Å². The smallest absolute Gasteiger partial charge is 0.361 e. The van der Waals surface area contributed by atoms with Crippen molar-refractivity contribution in [3.05, 3.63) is 17.0 Å². The fraction of sp³-hybridized carbons (Fsp3) is 0.765. The lowest BCUT2D eigenvalue weighted by atomic mass is 9.85. The van der Waals surface area contributed by atoms with Gasteiger partial charge in [0.25, 0.3) is 0 Å². The van der Waals surface area contributed by atoms with Crippen LogP contribution >= 0.6 is 0 Å². The van der Waals surface area contributed by atoms with Crippen molar-refractivity contribution in [2.45, 2.75) is 65.1 Å². The Kier molecular flexibility index (Phi) is 6.72. The lowest BCUT2D eigenvalue weighted by molar-refractivity contribution is -0.182. The molecule has 2 N–H and O–H groups in total. The summed E-state index contributed by atoms with van der Waals surface area (Å²) in [5.74, 6) is 0.297. The maximum atomic E-state index is 12.7. The van der Waals surface area contributed by atoms with E-state index in [1.807, 2.05) is 20.8 Å². The van der Waals surface area contributed by atoms with Crippen molar-refractivity contribution < 1.29 is 17.7 Å². The molecule has 1 fully saturated rings. The molecule has 8 heteroatoms. The zero-order chi connectivity index (χ0) is 18.4. The van der Waals surface area contributed by atoms with E-state index in [-0.39, 0.29) is 18.9 Å². The summed E-state index contributed by atoms with van der Waals surface area (Å²) >= 11 is 0. The summed E-state index contributed by atoms with van der Waals surface area (Å²) in [6, 6.07) is 0.0375. The van der Waals surface area contributed by atoms with Crippen molar-refractivity contribution in [3.63, 3.8) is 0 Å². The molecular formula is C17H27F3N4O. The molecule has 1 aromatic heterocycles. The second-order valence-corrected chi connectivity index (χ2v) is 6.55. The number of hydrogen-bond acceptors (Lipinski definition) is 3. The molecule has 0 aromatic carbocycles. The molecule has 142 valence electrons. The van der Waals surface area contributed by atoms with Crippen molar-refractivity contribution >= 4 is 5.96 Å². The second kappa shape index (κ2) is 8.58. The first-order valence-corrected chi connectivity index (χ1v) is 8.84. The van der Waals surface area contributed by atoms with E-state index in [0.29, 0.717) is 31.9 Å². The number of aryl methyl sites for hydroxylation is 2. The minimum Gasteiger partial charge on any atom is -0.361 e. The quantitative estimate of drug-likeness (QED) is 0.623. The fourth-order valence-corrected chi connectivity index (χ4v) is 3.22. The molecule has 0 spiro atoms. The van der Waals surface area contributed by atoms with Gasteiger partial charge in [-0.3, -0.25) is 4.99 Å². The minimum absolute atomic E-state index is 0.0375. The normalized spacial score (nSPS) is 22.1. The average Bonchev–Trinajstić information content (AvgIpc) is 2.86. The van der Waals surface area contributed by atoms with Gasteiger partial charge in [-0.2, -0.15) is 13.2 Å². The number of halogens is 3. The van der Waals surface area contributed by atoms with Crippen LogP contribution in [-0.2, 0) is 6.42 Å². The van der Waals surface area contributed by atoms with Crippen molar-refractivity contribution in [1.29, 1.82) is 0 Å². The molecule has 1 heterocycles. The molecule has 2 rings (SSSR count). The number of aromatic nitrogens is 1. The molecule has 1 aliphatic carbocycles. The third kappa shape index (κ3) is 5.64. The highest BCUT2D eigenvalue weighted by molar-refractivity contribution is 5.80. The van der Waals surface area contributed by atoms with Crippen LogP contribution in [0, 0.1) is 19.8 Å². The molecule has 0 radical (unpaired) electrons. The van der Waals surface area contributed by atoms with Gasteiger partial charge in [0.1, 0.15) is 5.76 Å². The predicted octanol–water partition coefficient (Wildman–Crippen LogP) is 3.51. The van der Waals surface area contributed by atoms with Crippen LogP contribution < -0.4 is 10.6 Å². The topological polar surface area (TPSA) is 62.5 Å². The van der Waals surface area contributed by atoms with Gasteiger partial charge in [0, 0.05) is 24.7 Å². The Balaban J connectivity index is 1.86. The van der Waals surface area contributed by atoms with Crippen LogP contribution in [0.4, 0.5) is 13.2 Å². The van der Waals surface area contributed by atoms with E-state index in [9.17, 15) is 13.2 Å². The largest absolute Gasteiger partial charge is 0.391 e. The van der Waals surface area contributed by atoms with Crippen LogP contribution in [-0.4, -0.2) is 36.4 Å². The Bertz CT molecular complexity index is 555. The van der Waals surface area contributed by atoms with Crippen LogP contribution in [0.1, 0.15) is 49.6 Å². The fourth-order valence-electron chi connectivity index (χ4n) is 3.22. The molecule has 1 saturated carbocycles. The van der Waals surface area contributed by atoms with Gasteiger partial charge in [-0.1, -0.05) is 5.16 Å². The standard InChI is InChI=1S/C17H27F3N4O/c1-4-21-16(22-10-9-15-11(2)24-25-12(15)3)23-14-7-5-13(6-8-14)17(18,19)20/h13-14H,4-10H2,1-3H3,(H2,21,22,23). The minimum atomic E-state index is -4.07. The van der Waals surface area contributed by atoms with Crippen LogP contribution in [0.25, 0.3) is 0 Å². The molecular weight excluding hydrogens is 333 g/mol. The molecule has 25 heavy (non-hydrogen) atoms. The van der Waals surface area contributed by atoms with Crippen LogP contribution in [0.15, 0.2) is 9.52 Å². The first kappa shape index (κ1) is 19.6. The van der Waals surface area contributed by atoms with Gasteiger partial charge in [-0.25, -0.2) is 0 Å². The lowest BCUT2D eigenvalue weighted by Gasteiger charge is -2.31. The number of guanidine groups is 1. The molecule has 5 nitrogen and oxygen atoms in total. The molecule has 1 aromatic rings. The highest BCUT2D eigenvalue weighted by atomic mass is 19.4. The van der Waals surface area contributed by atoms with E-state index in [0.717, 1.165) is 23.4 Å². The highest BCUT2D eigenvalue weighted by Gasteiger charge is 2.41. The third-order valence-corrected chi connectivity index (χ3v) is 4.69. The summed E-state index contributed by atoms with van der Waals surface area (Å²) in [4.78, 5) is 4.54.